The predicted molar refractivity (Wildman–Crippen MR) is 110 cm³/mol. The highest BCUT2D eigenvalue weighted by molar-refractivity contribution is 7.18. The number of carbonyl (C=O) groups is 3. The Morgan fingerprint density at radius 3 is 2.52 bits per heavy atom. The molecule has 1 heterocycles. The number of amides is 1. The van der Waals surface area contributed by atoms with E-state index in [1.54, 1.807) is 24.3 Å². The van der Waals surface area contributed by atoms with Crippen molar-refractivity contribution in [2.75, 3.05) is 11.9 Å². The van der Waals surface area contributed by atoms with Crippen LogP contribution >= 0.6 is 11.3 Å². The van der Waals surface area contributed by atoms with E-state index < -0.39 is 18.0 Å². The fourth-order valence-corrected chi connectivity index (χ4v) is 3.43. The second-order valence-electron chi connectivity index (χ2n) is 6.32. The molecule has 3 rings (SSSR count). The first-order valence-corrected chi connectivity index (χ1v) is 9.77. The lowest BCUT2D eigenvalue weighted by Crippen LogP contribution is -2.31. The number of aromatic nitrogens is 1. The van der Waals surface area contributed by atoms with Crippen molar-refractivity contribution in [1.29, 1.82) is 0 Å². The van der Waals surface area contributed by atoms with Gasteiger partial charge in [-0.3, -0.25) is 9.59 Å². The van der Waals surface area contributed by atoms with Gasteiger partial charge in [0.2, 0.25) is 0 Å². The number of rotatable bonds is 8. The summed E-state index contributed by atoms with van der Waals surface area (Å²) in [5.41, 5.74) is 1.95. The second kappa shape index (κ2) is 9.40. The van der Waals surface area contributed by atoms with Crippen LogP contribution in [0.3, 0.4) is 0 Å². The summed E-state index contributed by atoms with van der Waals surface area (Å²) in [6, 6.07) is 14.2. The lowest BCUT2D eigenvalue weighted by Gasteiger charge is -2.13. The Morgan fingerprint density at radius 2 is 1.83 bits per heavy atom. The summed E-state index contributed by atoms with van der Waals surface area (Å²) < 4.78 is 11.5. The average molecular weight is 412 g/mol. The Labute approximate surface area is 171 Å². The Balaban J connectivity index is 1.43. The number of nitrogens with zero attached hydrogens (tertiary/aromatic N) is 1. The molecule has 29 heavy (non-hydrogen) atoms. The van der Waals surface area contributed by atoms with Crippen LogP contribution in [0.5, 0.6) is 0 Å². The zero-order valence-corrected chi connectivity index (χ0v) is 16.8. The normalized spacial score (nSPS) is 11.8. The molecule has 8 heteroatoms. The minimum Gasteiger partial charge on any atom is -0.451 e. The zero-order valence-electron chi connectivity index (χ0n) is 16.0. The lowest BCUT2D eigenvalue weighted by molar-refractivity contribution is -0.157. The van der Waals surface area contributed by atoms with E-state index in [-0.39, 0.29) is 19.0 Å². The number of anilines is 1. The number of benzene rings is 2. The van der Waals surface area contributed by atoms with E-state index in [1.165, 1.54) is 25.2 Å². The van der Waals surface area contributed by atoms with Crippen molar-refractivity contribution in [2.24, 2.45) is 0 Å². The molecular formula is C21H20N2O5S. The van der Waals surface area contributed by atoms with E-state index in [0.29, 0.717) is 11.3 Å². The van der Waals surface area contributed by atoms with Crippen LogP contribution in [0.15, 0.2) is 48.5 Å². The third-order valence-electron chi connectivity index (χ3n) is 4.02. The number of fused-ring (bicyclic) bond motifs is 1. The molecule has 3 aromatic rings. The molecule has 0 aliphatic rings. The number of esters is 1. The number of nitrogens with one attached hydrogen (secondary N) is 1. The molecular weight excluding hydrogens is 392 g/mol. The lowest BCUT2D eigenvalue weighted by atomic mass is 10.1. The first kappa shape index (κ1) is 20.6. The smallest absolute Gasteiger partial charge is 0.332 e. The molecule has 0 saturated carbocycles. The van der Waals surface area contributed by atoms with Crippen molar-refractivity contribution in [1.82, 2.24) is 4.98 Å². The van der Waals surface area contributed by atoms with Gasteiger partial charge in [-0.15, -0.1) is 11.3 Å². The van der Waals surface area contributed by atoms with E-state index >= 15 is 0 Å². The predicted octanol–water partition coefficient (Wildman–Crippen LogP) is 3.59. The van der Waals surface area contributed by atoms with Crippen molar-refractivity contribution in [2.45, 2.75) is 26.6 Å². The van der Waals surface area contributed by atoms with Gasteiger partial charge in [-0.1, -0.05) is 12.1 Å². The monoisotopic (exact) mass is 412 g/mol. The maximum Gasteiger partial charge on any atom is 0.332 e. The molecule has 1 amide bonds. The molecule has 0 fully saturated rings. The first-order valence-electron chi connectivity index (χ1n) is 8.96. The van der Waals surface area contributed by atoms with Gasteiger partial charge in [0.05, 0.1) is 16.8 Å². The number of hydrogen-bond donors (Lipinski definition) is 1. The van der Waals surface area contributed by atoms with Crippen molar-refractivity contribution < 1.29 is 23.9 Å². The van der Waals surface area contributed by atoms with Crippen LogP contribution in [-0.2, 0) is 25.7 Å². The summed E-state index contributed by atoms with van der Waals surface area (Å²) in [6.07, 6.45) is -0.985. The van der Waals surface area contributed by atoms with Gasteiger partial charge in [0.15, 0.2) is 11.9 Å². The van der Waals surface area contributed by atoms with Gasteiger partial charge < -0.3 is 14.8 Å². The van der Waals surface area contributed by atoms with Gasteiger partial charge in [-0.05, 0) is 50.2 Å². The Bertz CT molecular complexity index is 996. The number of para-hydroxylation sites is 1. The topological polar surface area (TPSA) is 94.6 Å². The molecule has 1 atom stereocenters. The second-order valence-corrected chi connectivity index (χ2v) is 7.44. The molecule has 1 N–H and O–H groups in total. The first-order chi connectivity index (χ1) is 13.9. The van der Waals surface area contributed by atoms with Crippen LogP contribution in [0.1, 0.15) is 29.2 Å². The van der Waals surface area contributed by atoms with Crippen LogP contribution in [0, 0.1) is 0 Å². The Kier molecular flexibility index (Phi) is 6.69. The molecule has 0 bridgehead atoms. The number of thiazole rings is 1. The molecule has 150 valence electrons. The number of carbonyl (C=O) groups excluding carboxylic acids is 3. The highest BCUT2D eigenvalue weighted by Crippen LogP contribution is 2.21. The maximum atomic E-state index is 12.2. The molecule has 2 aromatic carbocycles. The van der Waals surface area contributed by atoms with Gasteiger partial charge in [0.1, 0.15) is 11.6 Å². The summed E-state index contributed by atoms with van der Waals surface area (Å²) in [4.78, 5) is 39.8. The largest absolute Gasteiger partial charge is 0.451 e. The summed E-state index contributed by atoms with van der Waals surface area (Å²) in [5, 5.41) is 3.40. The van der Waals surface area contributed by atoms with Crippen molar-refractivity contribution in [3.05, 3.63) is 59.1 Å². The minimum absolute atomic E-state index is 0.0592. The third-order valence-corrected chi connectivity index (χ3v) is 5.03. The molecule has 0 aliphatic carbocycles. The molecule has 1 aromatic heterocycles. The van der Waals surface area contributed by atoms with Gasteiger partial charge in [0, 0.05) is 11.3 Å². The number of hydrogen-bond acceptors (Lipinski definition) is 7. The molecule has 0 radical (unpaired) electrons. The summed E-state index contributed by atoms with van der Waals surface area (Å²) >= 11 is 1.50. The molecule has 0 unspecified atom stereocenters. The molecule has 0 saturated heterocycles. The molecule has 0 aliphatic heterocycles. The van der Waals surface area contributed by atoms with Gasteiger partial charge in [-0.25, -0.2) is 9.78 Å². The highest BCUT2D eigenvalue weighted by atomic mass is 32.1. The van der Waals surface area contributed by atoms with E-state index in [9.17, 15) is 14.4 Å². The SMILES string of the molecule is CC(=O)c1ccc(NC(=O)[C@H](C)OC(=O)COCc2nc3ccccc3s2)cc1. The number of Topliss-reactive ketones (excluding diaryl/α,β-unsaturated/α-hetero) is 1. The van der Waals surface area contributed by atoms with Crippen molar-refractivity contribution in [3.63, 3.8) is 0 Å². The van der Waals surface area contributed by atoms with E-state index in [2.05, 4.69) is 10.3 Å². The standard InChI is InChI=1S/C21H20N2O5S/c1-13(24)15-7-9-16(10-8-15)22-21(26)14(2)28-20(25)12-27-11-19-23-17-5-3-4-6-18(17)29-19/h3-10,14H,11-12H2,1-2H3,(H,22,26)/t14-/m0/s1. The van der Waals surface area contributed by atoms with E-state index in [0.717, 1.165) is 15.2 Å². The van der Waals surface area contributed by atoms with Crippen LogP contribution in [0.2, 0.25) is 0 Å². The summed E-state index contributed by atoms with van der Waals surface area (Å²) in [5.74, 6) is -1.17. The van der Waals surface area contributed by atoms with Gasteiger partial charge in [0.25, 0.3) is 5.91 Å². The van der Waals surface area contributed by atoms with Crippen molar-refractivity contribution in [3.8, 4) is 0 Å². The fraction of sp³-hybridized carbons (Fsp3) is 0.238. The van der Waals surface area contributed by atoms with E-state index in [4.69, 9.17) is 9.47 Å². The third kappa shape index (κ3) is 5.69. The number of ether oxygens (including phenoxy) is 2. The van der Waals surface area contributed by atoms with Gasteiger partial charge >= 0.3 is 5.97 Å². The fourth-order valence-electron chi connectivity index (χ4n) is 2.52. The summed E-state index contributed by atoms with van der Waals surface area (Å²) in [6.45, 7) is 2.86. The van der Waals surface area contributed by atoms with Crippen LogP contribution < -0.4 is 5.32 Å². The van der Waals surface area contributed by atoms with Crippen LogP contribution in [-0.4, -0.2) is 35.4 Å². The quantitative estimate of drug-likeness (QED) is 0.449. The van der Waals surface area contributed by atoms with Crippen LogP contribution in [0.4, 0.5) is 5.69 Å². The maximum absolute atomic E-state index is 12.2. The van der Waals surface area contributed by atoms with E-state index in [1.807, 2.05) is 24.3 Å². The Morgan fingerprint density at radius 1 is 1.10 bits per heavy atom. The molecule has 0 spiro atoms. The van der Waals surface area contributed by atoms with Crippen LogP contribution in [0.25, 0.3) is 10.2 Å². The van der Waals surface area contributed by atoms with Crippen molar-refractivity contribution >= 4 is 44.9 Å². The number of ketones is 1. The minimum atomic E-state index is -0.985. The average Bonchev–Trinajstić information content (AvgIpc) is 3.11. The molecule has 7 nitrogen and oxygen atoms in total. The van der Waals surface area contributed by atoms with Gasteiger partial charge in [-0.2, -0.15) is 0 Å². The summed E-state index contributed by atoms with van der Waals surface area (Å²) in [7, 11) is 0. The highest BCUT2D eigenvalue weighted by Gasteiger charge is 2.18. The Hall–Kier alpha value is -3.10. The zero-order chi connectivity index (χ0) is 20.8.